The highest BCUT2D eigenvalue weighted by Crippen LogP contribution is 2.17. The molecule has 2 heterocycles. The Balaban J connectivity index is 2.29. The predicted molar refractivity (Wildman–Crippen MR) is 57.8 cm³/mol. The topological polar surface area (TPSA) is 93.8 Å². The van der Waals surface area contributed by atoms with Crippen LogP contribution in [-0.4, -0.2) is 33.1 Å². The number of rotatable bonds is 4. The Bertz CT molecular complexity index is 475. The third-order valence-electron chi connectivity index (χ3n) is 2.29. The van der Waals surface area contributed by atoms with Crippen LogP contribution in [0.25, 0.3) is 11.4 Å². The summed E-state index contributed by atoms with van der Waals surface area (Å²) in [7, 11) is 1.58. The first kappa shape index (κ1) is 10.4. The Morgan fingerprint density at radius 3 is 2.94 bits per heavy atom. The Morgan fingerprint density at radius 2 is 2.38 bits per heavy atom. The van der Waals surface area contributed by atoms with Gasteiger partial charge in [-0.05, 0) is 19.2 Å². The highest BCUT2D eigenvalue weighted by molar-refractivity contribution is 5.74. The molecule has 84 valence electrons. The van der Waals surface area contributed by atoms with Gasteiger partial charge in [0.1, 0.15) is 5.82 Å². The quantitative estimate of drug-likeness (QED) is 0.611. The molecule has 2 aromatic rings. The van der Waals surface area contributed by atoms with E-state index in [-0.39, 0.29) is 0 Å². The SMILES string of the molecule is CNC(C(=O)O)c1ncc(-c2ccc[nH]2)[nH]1. The van der Waals surface area contributed by atoms with E-state index < -0.39 is 12.0 Å². The highest BCUT2D eigenvalue weighted by atomic mass is 16.4. The Morgan fingerprint density at radius 1 is 1.56 bits per heavy atom. The second-order valence-corrected chi connectivity index (χ2v) is 3.33. The average molecular weight is 220 g/mol. The van der Waals surface area contributed by atoms with Crippen molar-refractivity contribution in [3.63, 3.8) is 0 Å². The van der Waals surface area contributed by atoms with Crippen molar-refractivity contribution in [2.24, 2.45) is 0 Å². The molecule has 6 heteroatoms. The van der Waals surface area contributed by atoms with Gasteiger partial charge < -0.3 is 20.4 Å². The summed E-state index contributed by atoms with van der Waals surface area (Å²) < 4.78 is 0. The average Bonchev–Trinajstić information content (AvgIpc) is 2.86. The van der Waals surface area contributed by atoms with E-state index in [0.717, 1.165) is 11.4 Å². The lowest BCUT2D eigenvalue weighted by Crippen LogP contribution is -2.26. The lowest BCUT2D eigenvalue weighted by Gasteiger charge is -2.06. The summed E-state index contributed by atoms with van der Waals surface area (Å²) in [6, 6.07) is 2.93. The minimum Gasteiger partial charge on any atom is -0.480 e. The number of carboxylic acid groups (broad SMARTS) is 1. The van der Waals surface area contributed by atoms with E-state index >= 15 is 0 Å². The van der Waals surface area contributed by atoms with E-state index in [0.29, 0.717) is 5.82 Å². The number of aromatic amines is 2. The molecule has 4 N–H and O–H groups in total. The molecule has 0 bridgehead atoms. The molecule has 0 fully saturated rings. The maximum absolute atomic E-state index is 10.9. The third-order valence-corrected chi connectivity index (χ3v) is 2.29. The molecule has 1 atom stereocenters. The molecule has 6 nitrogen and oxygen atoms in total. The Labute approximate surface area is 91.7 Å². The zero-order chi connectivity index (χ0) is 11.5. The van der Waals surface area contributed by atoms with Gasteiger partial charge in [-0.1, -0.05) is 0 Å². The van der Waals surface area contributed by atoms with Gasteiger partial charge in [-0.15, -0.1) is 0 Å². The van der Waals surface area contributed by atoms with E-state index in [1.807, 2.05) is 12.1 Å². The molecule has 0 aromatic carbocycles. The van der Waals surface area contributed by atoms with Gasteiger partial charge in [-0.2, -0.15) is 0 Å². The summed E-state index contributed by atoms with van der Waals surface area (Å²) in [5.41, 5.74) is 1.64. The standard InChI is InChI=1S/C10H12N4O2/c1-11-8(10(15)16)9-13-5-7(14-9)6-3-2-4-12-6/h2-5,8,11-12H,1H3,(H,13,14)(H,15,16). The molecule has 1 unspecified atom stereocenters. The van der Waals surface area contributed by atoms with Gasteiger partial charge in [-0.25, -0.2) is 4.98 Å². The van der Waals surface area contributed by atoms with Crippen LogP contribution in [0.5, 0.6) is 0 Å². The number of H-pyrrole nitrogens is 2. The molecule has 0 saturated heterocycles. The van der Waals surface area contributed by atoms with Crippen molar-refractivity contribution in [2.75, 3.05) is 7.05 Å². The van der Waals surface area contributed by atoms with E-state index in [2.05, 4.69) is 20.3 Å². The first-order valence-corrected chi connectivity index (χ1v) is 4.81. The summed E-state index contributed by atoms with van der Waals surface area (Å²) in [5.74, 6) is -0.575. The van der Waals surface area contributed by atoms with Crippen LogP contribution in [-0.2, 0) is 4.79 Å². The fourth-order valence-corrected chi connectivity index (χ4v) is 1.50. The van der Waals surface area contributed by atoms with Gasteiger partial charge in [0.05, 0.1) is 17.6 Å². The molecule has 2 rings (SSSR count). The van der Waals surface area contributed by atoms with Crippen molar-refractivity contribution in [2.45, 2.75) is 6.04 Å². The summed E-state index contributed by atoms with van der Waals surface area (Å²) >= 11 is 0. The molecular weight excluding hydrogens is 208 g/mol. The van der Waals surface area contributed by atoms with Crippen molar-refractivity contribution in [1.82, 2.24) is 20.3 Å². The van der Waals surface area contributed by atoms with Crippen LogP contribution in [0.2, 0.25) is 0 Å². The molecule has 0 spiro atoms. The van der Waals surface area contributed by atoms with Crippen LogP contribution in [0, 0.1) is 0 Å². The second kappa shape index (κ2) is 4.19. The Hall–Kier alpha value is -2.08. The molecule has 0 saturated carbocycles. The van der Waals surface area contributed by atoms with Crippen LogP contribution in [0.15, 0.2) is 24.5 Å². The molecule has 2 aromatic heterocycles. The number of hydrogen-bond donors (Lipinski definition) is 4. The number of imidazole rings is 1. The maximum atomic E-state index is 10.9. The van der Waals surface area contributed by atoms with E-state index in [1.165, 1.54) is 0 Å². The minimum atomic E-state index is -0.963. The summed E-state index contributed by atoms with van der Waals surface area (Å²) in [6.07, 6.45) is 3.40. The van der Waals surface area contributed by atoms with Crippen molar-refractivity contribution in [3.8, 4) is 11.4 Å². The molecule has 0 aliphatic heterocycles. The minimum absolute atomic E-state index is 0.389. The maximum Gasteiger partial charge on any atom is 0.328 e. The van der Waals surface area contributed by atoms with Crippen molar-refractivity contribution < 1.29 is 9.90 Å². The third kappa shape index (κ3) is 1.82. The molecule has 0 aliphatic rings. The molecule has 0 radical (unpaired) electrons. The van der Waals surface area contributed by atoms with E-state index in [1.54, 1.807) is 19.4 Å². The summed E-state index contributed by atoms with van der Waals surface area (Å²) in [6.45, 7) is 0. The van der Waals surface area contributed by atoms with Crippen molar-refractivity contribution >= 4 is 5.97 Å². The second-order valence-electron chi connectivity index (χ2n) is 3.33. The van der Waals surface area contributed by atoms with Gasteiger partial charge in [0.15, 0.2) is 6.04 Å². The number of carbonyl (C=O) groups is 1. The number of likely N-dealkylation sites (N-methyl/N-ethyl adjacent to an activating group) is 1. The van der Waals surface area contributed by atoms with Gasteiger partial charge in [0.2, 0.25) is 0 Å². The fourth-order valence-electron chi connectivity index (χ4n) is 1.50. The summed E-state index contributed by atoms with van der Waals surface area (Å²) in [5, 5.41) is 11.6. The Kier molecular flexibility index (Phi) is 2.74. The number of nitrogens with one attached hydrogen (secondary N) is 3. The van der Waals surface area contributed by atoms with Crippen molar-refractivity contribution in [3.05, 3.63) is 30.4 Å². The van der Waals surface area contributed by atoms with Crippen LogP contribution in [0.1, 0.15) is 11.9 Å². The molecular formula is C10H12N4O2. The predicted octanol–water partition coefficient (Wildman–Crippen LogP) is 0.750. The number of carboxylic acids is 1. The zero-order valence-corrected chi connectivity index (χ0v) is 8.69. The van der Waals surface area contributed by atoms with Crippen LogP contribution < -0.4 is 5.32 Å². The lowest BCUT2D eigenvalue weighted by atomic mass is 10.3. The zero-order valence-electron chi connectivity index (χ0n) is 8.69. The van der Waals surface area contributed by atoms with Crippen LogP contribution in [0.4, 0.5) is 0 Å². The van der Waals surface area contributed by atoms with Crippen LogP contribution in [0.3, 0.4) is 0 Å². The first-order chi connectivity index (χ1) is 7.72. The smallest absolute Gasteiger partial charge is 0.328 e. The highest BCUT2D eigenvalue weighted by Gasteiger charge is 2.20. The number of nitrogens with zero attached hydrogens (tertiary/aromatic N) is 1. The van der Waals surface area contributed by atoms with Gasteiger partial charge in [-0.3, -0.25) is 4.79 Å². The fraction of sp³-hybridized carbons (Fsp3) is 0.200. The summed E-state index contributed by atoms with van der Waals surface area (Å²) in [4.78, 5) is 20.9. The monoisotopic (exact) mass is 220 g/mol. The van der Waals surface area contributed by atoms with Gasteiger partial charge >= 0.3 is 5.97 Å². The molecule has 0 amide bonds. The molecule has 0 aliphatic carbocycles. The number of hydrogen-bond acceptors (Lipinski definition) is 3. The first-order valence-electron chi connectivity index (χ1n) is 4.81. The number of aromatic nitrogens is 3. The number of aliphatic carboxylic acids is 1. The van der Waals surface area contributed by atoms with Crippen molar-refractivity contribution in [1.29, 1.82) is 0 Å². The van der Waals surface area contributed by atoms with Gasteiger partial charge in [0, 0.05) is 6.20 Å². The van der Waals surface area contributed by atoms with E-state index in [4.69, 9.17) is 5.11 Å². The largest absolute Gasteiger partial charge is 0.480 e. The van der Waals surface area contributed by atoms with Crippen LogP contribution >= 0.6 is 0 Å². The normalized spacial score (nSPS) is 12.6. The van der Waals surface area contributed by atoms with E-state index in [9.17, 15) is 4.79 Å². The molecule has 16 heavy (non-hydrogen) atoms. The lowest BCUT2D eigenvalue weighted by molar-refractivity contribution is -0.139. The van der Waals surface area contributed by atoms with Gasteiger partial charge in [0.25, 0.3) is 0 Å².